The van der Waals surface area contributed by atoms with Crippen molar-refractivity contribution in [3.8, 4) is 0 Å². The van der Waals surface area contributed by atoms with Crippen LogP contribution in [-0.2, 0) is 29.3 Å². The Bertz CT molecular complexity index is 993. The van der Waals surface area contributed by atoms with Gasteiger partial charge < -0.3 is 20.1 Å². The highest BCUT2D eigenvalue weighted by molar-refractivity contribution is 6.23. The highest BCUT2D eigenvalue weighted by Gasteiger charge is 2.63. The van der Waals surface area contributed by atoms with E-state index in [1.807, 2.05) is 26.0 Å². The third kappa shape index (κ3) is 2.46. The summed E-state index contributed by atoms with van der Waals surface area (Å²) >= 11 is 0. The van der Waals surface area contributed by atoms with Crippen LogP contribution in [0.1, 0.15) is 39.2 Å². The van der Waals surface area contributed by atoms with E-state index in [2.05, 4.69) is 0 Å². The smallest absolute Gasteiger partial charge is 0.341 e. The van der Waals surface area contributed by atoms with E-state index in [0.717, 1.165) is 0 Å². The molecule has 2 N–H and O–H groups in total. The number of nitrogens with two attached hydrogens (primary N) is 1. The number of carbonyl (C=O) groups excluding carboxylic acids is 3. The number of hydrogen-bond donors (Lipinski definition) is 1. The van der Waals surface area contributed by atoms with Crippen molar-refractivity contribution in [2.24, 2.45) is 11.7 Å². The monoisotopic (exact) mass is 396 g/mol. The molecule has 0 saturated carbocycles. The standard InChI is InChI=1S/C22H24N2O5/c1-4-24-14-9-7-6-8-13(14)22(21(24)27)17-15(25)10-12(3)11-16(17)29-19(23)18(22)20(26)28-5-2/h6-9,12H,4-5,10-11,23H2,1-3H3. The molecular formula is C22H24N2O5. The molecule has 3 aliphatic rings. The summed E-state index contributed by atoms with van der Waals surface area (Å²) in [6.07, 6.45) is 0.753. The van der Waals surface area contributed by atoms with Crippen molar-refractivity contribution in [2.75, 3.05) is 18.1 Å². The maximum absolute atomic E-state index is 13.9. The second kappa shape index (κ2) is 6.76. The minimum Gasteiger partial charge on any atom is -0.462 e. The van der Waals surface area contributed by atoms with Crippen molar-refractivity contribution >= 4 is 23.3 Å². The van der Waals surface area contributed by atoms with Gasteiger partial charge in [0, 0.05) is 30.6 Å². The summed E-state index contributed by atoms with van der Waals surface area (Å²) in [5, 5.41) is 0. The van der Waals surface area contributed by atoms with Gasteiger partial charge in [0.25, 0.3) is 0 Å². The first-order valence-electron chi connectivity index (χ1n) is 9.91. The third-order valence-electron chi connectivity index (χ3n) is 5.82. The zero-order valence-corrected chi connectivity index (χ0v) is 16.8. The highest BCUT2D eigenvalue weighted by atomic mass is 16.5. The van der Waals surface area contributed by atoms with Crippen LogP contribution in [0.25, 0.3) is 0 Å². The van der Waals surface area contributed by atoms with Gasteiger partial charge in [-0.15, -0.1) is 0 Å². The van der Waals surface area contributed by atoms with Crippen molar-refractivity contribution in [3.05, 3.63) is 52.6 Å². The van der Waals surface area contributed by atoms with Gasteiger partial charge in [-0.2, -0.15) is 0 Å². The van der Waals surface area contributed by atoms with Crippen LogP contribution in [-0.4, -0.2) is 30.8 Å². The number of para-hydroxylation sites is 1. The number of nitrogens with zero attached hydrogens (tertiary/aromatic N) is 1. The topological polar surface area (TPSA) is 98.9 Å². The fourth-order valence-electron chi connectivity index (χ4n) is 4.78. The molecule has 1 amide bonds. The van der Waals surface area contributed by atoms with Crippen LogP contribution in [0.3, 0.4) is 0 Å². The molecule has 0 bridgehead atoms. The minimum atomic E-state index is -1.63. The van der Waals surface area contributed by atoms with Crippen LogP contribution in [0.5, 0.6) is 0 Å². The Labute approximate surface area is 169 Å². The molecule has 1 spiro atoms. The molecule has 0 saturated heterocycles. The van der Waals surface area contributed by atoms with Crippen LogP contribution in [0, 0.1) is 5.92 Å². The normalized spacial score (nSPS) is 25.9. The van der Waals surface area contributed by atoms with Gasteiger partial charge in [0.2, 0.25) is 11.8 Å². The maximum atomic E-state index is 13.9. The molecule has 1 aromatic carbocycles. The van der Waals surface area contributed by atoms with E-state index in [-0.39, 0.29) is 47.7 Å². The number of esters is 1. The zero-order valence-electron chi connectivity index (χ0n) is 16.8. The second-order valence-electron chi connectivity index (χ2n) is 7.61. The van der Waals surface area contributed by atoms with E-state index in [1.165, 1.54) is 0 Å². The first-order chi connectivity index (χ1) is 13.9. The zero-order chi connectivity index (χ0) is 20.9. The number of Topliss-reactive ketones (excluding diaryl/α,β-unsaturated/α-hetero) is 1. The van der Waals surface area contributed by atoms with Crippen molar-refractivity contribution in [2.45, 2.75) is 39.0 Å². The van der Waals surface area contributed by atoms with E-state index in [9.17, 15) is 14.4 Å². The van der Waals surface area contributed by atoms with Crippen LogP contribution in [0.4, 0.5) is 5.69 Å². The molecule has 0 radical (unpaired) electrons. The van der Waals surface area contributed by atoms with Gasteiger partial charge in [0.05, 0.1) is 12.2 Å². The number of rotatable bonds is 3. The van der Waals surface area contributed by atoms with E-state index < -0.39 is 11.4 Å². The fraction of sp³-hybridized carbons (Fsp3) is 0.409. The average molecular weight is 396 g/mol. The largest absolute Gasteiger partial charge is 0.462 e. The maximum Gasteiger partial charge on any atom is 0.341 e. The molecule has 1 aliphatic carbocycles. The summed E-state index contributed by atoms with van der Waals surface area (Å²) in [4.78, 5) is 41.8. The highest BCUT2D eigenvalue weighted by Crippen LogP contribution is 2.56. The van der Waals surface area contributed by atoms with Crippen molar-refractivity contribution in [3.63, 3.8) is 0 Å². The lowest BCUT2D eigenvalue weighted by Gasteiger charge is -2.39. The van der Waals surface area contributed by atoms with Crippen molar-refractivity contribution in [1.29, 1.82) is 0 Å². The Hall–Kier alpha value is -3.09. The molecule has 0 aromatic heterocycles. The van der Waals surface area contributed by atoms with E-state index in [0.29, 0.717) is 30.0 Å². The summed E-state index contributed by atoms with van der Waals surface area (Å²) in [7, 11) is 0. The summed E-state index contributed by atoms with van der Waals surface area (Å²) < 4.78 is 11.0. The SMILES string of the molecule is CCOC(=O)C1=C(N)OC2=C(C(=O)CC(C)C2)C12C(=O)N(CC)c1ccccc12. The summed E-state index contributed by atoms with van der Waals surface area (Å²) in [5.74, 6) is -1.06. The number of ketones is 1. The van der Waals surface area contributed by atoms with Crippen LogP contribution >= 0.6 is 0 Å². The molecule has 7 heteroatoms. The number of allylic oxidation sites excluding steroid dienone is 1. The molecule has 2 unspecified atom stereocenters. The molecule has 152 valence electrons. The molecule has 29 heavy (non-hydrogen) atoms. The van der Waals surface area contributed by atoms with E-state index >= 15 is 0 Å². The number of carbonyl (C=O) groups is 3. The van der Waals surface area contributed by atoms with Crippen molar-refractivity contribution < 1.29 is 23.9 Å². The minimum absolute atomic E-state index is 0.0595. The number of benzene rings is 1. The molecular weight excluding hydrogens is 372 g/mol. The predicted molar refractivity (Wildman–Crippen MR) is 106 cm³/mol. The summed E-state index contributed by atoms with van der Waals surface area (Å²) in [5.41, 5.74) is 5.93. The Morgan fingerprint density at radius 1 is 1.28 bits per heavy atom. The van der Waals surface area contributed by atoms with Gasteiger partial charge in [-0.05, 0) is 25.8 Å². The number of amides is 1. The van der Waals surface area contributed by atoms with Crippen LogP contribution in [0.15, 0.2) is 47.1 Å². The molecule has 7 nitrogen and oxygen atoms in total. The molecule has 0 fully saturated rings. The number of likely N-dealkylation sites (N-methyl/N-ethyl adjacent to an activating group) is 1. The Kier molecular flexibility index (Phi) is 4.48. The van der Waals surface area contributed by atoms with E-state index in [1.54, 1.807) is 24.0 Å². The van der Waals surface area contributed by atoms with Gasteiger partial charge in [-0.25, -0.2) is 4.79 Å². The van der Waals surface area contributed by atoms with Gasteiger partial charge in [-0.3, -0.25) is 9.59 Å². The predicted octanol–water partition coefficient (Wildman–Crippen LogP) is 2.31. The van der Waals surface area contributed by atoms with E-state index in [4.69, 9.17) is 15.2 Å². The first-order valence-corrected chi connectivity index (χ1v) is 9.91. The number of fused-ring (bicyclic) bond motifs is 3. The molecule has 2 atom stereocenters. The summed E-state index contributed by atoms with van der Waals surface area (Å²) in [6.45, 7) is 5.97. The molecule has 1 aromatic rings. The van der Waals surface area contributed by atoms with Crippen LogP contribution in [0.2, 0.25) is 0 Å². The van der Waals surface area contributed by atoms with Gasteiger partial charge in [0.1, 0.15) is 16.7 Å². The fourth-order valence-corrected chi connectivity index (χ4v) is 4.78. The van der Waals surface area contributed by atoms with Gasteiger partial charge in [0.15, 0.2) is 5.78 Å². The quantitative estimate of drug-likeness (QED) is 0.787. The lowest BCUT2D eigenvalue weighted by Crippen LogP contribution is -2.51. The van der Waals surface area contributed by atoms with Gasteiger partial charge >= 0.3 is 5.97 Å². The number of anilines is 1. The lowest BCUT2D eigenvalue weighted by molar-refractivity contribution is -0.141. The first kappa shape index (κ1) is 19.2. The van der Waals surface area contributed by atoms with Gasteiger partial charge in [-0.1, -0.05) is 25.1 Å². The molecule has 2 aliphatic heterocycles. The number of hydrogen-bond acceptors (Lipinski definition) is 6. The van der Waals surface area contributed by atoms with Crippen LogP contribution < -0.4 is 10.6 Å². The number of ether oxygens (including phenoxy) is 2. The molecule has 2 heterocycles. The Morgan fingerprint density at radius 2 is 2.00 bits per heavy atom. The average Bonchev–Trinajstić information content (AvgIpc) is 2.90. The Balaban J connectivity index is 2.09. The molecule has 4 rings (SSSR count). The second-order valence-corrected chi connectivity index (χ2v) is 7.61. The van der Waals surface area contributed by atoms with Crippen molar-refractivity contribution in [1.82, 2.24) is 0 Å². The summed E-state index contributed by atoms with van der Waals surface area (Å²) in [6, 6.07) is 7.20. The lowest BCUT2D eigenvalue weighted by atomic mass is 9.64. The third-order valence-corrected chi connectivity index (χ3v) is 5.82. The Morgan fingerprint density at radius 3 is 2.69 bits per heavy atom.